The number of para-hydroxylation sites is 1. The first kappa shape index (κ1) is 22.6. The van der Waals surface area contributed by atoms with Gasteiger partial charge in [-0.3, -0.25) is 4.98 Å². The van der Waals surface area contributed by atoms with Crippen LogP contribution in [0.15, 0.2) is 72.9 Å². The zero-order valence-corrected chi connectivity index (χ0v) is 20.8. The van der Waals surface area contributed by atoms with Crippen molar-refractivity contribution in [3.05, 3.63) is 78.5 Å². The molecule has 0 spiro atoms. The largest absolute Gasteiger partial charge is 0.372 e. The molecule has 0 N–H and O–H groups in total. The number of benzene rings is 3. The number of hydrogen-bond donors (Lipinski definition) is 0. The van der Waals surface area contributed by atoms with E-state index >= 15 is 0 Å². The first-order valence-corrected chi connectivity index (χ1v) is 12.8. The summed E-state index contributed by atoms with van der Waals surface area (Å²) in [6, 6.07) is 25.3. The topological polar surface area (TPSA) is 52.4 Å². The van der Waals surface area contributed by atoms with E-state index in [1.54, 1.807) is 0 Å². The minimum absolute atomic E-state index is 0.237. The van der Waals surface area contributed by atoms with Crippen LogP contribution in [-0.2, 0) is 4.74 Å². The molecule has 180 valence electrons. The highest BCUT2D eigenvalue weighted by molar-refractivity contribution is 6.05. The van der Waals surface area contributed by atoms with Crippen molar-refractivity contribution in [1.82, 2.24) is 4.98 Å². The number of ether oxygens (including phenoxy) is 1. The molecular formula is C31H30N4O. The summed E-state index contributed by atoms with van der Waals surface area (Å²) in [6.45, 7) is 8.24. The molecule has 2 aliphatic heterocycles. The average molecular weight is 475 g/mol. The molecule has 0 aliphatic carbocycles. The third kappa shape index (κ3) is 4.08. The Labute approximate surface area is 212 Å². The number of pyridine rings is 1. The van der Waals surface area contributed by atoms with Gasteiger partial charge in [-0.1, -0.05) is 42.5 Å². The maximum atomic E-state index is 9.18. The Morgan fingerprint density at radius 1 is 0.833 bits per heavy atom. The molecule has 3 heterocycles. The van der Waals surface area contributed by atoms with Gasteiger partial charge in [0.2, 0.25) is 0 Å². The number of hydrogen-bond acceptors (Lipinski definition) is 5. The lowest BCUT2D eigenvalue weighted by atomic mass is 9.95. The number of anilines is 2. The highest BCUT2D eigenvalue weighted by Gasteiger charge is 2.24. The van der Waals surface area contributed by atoms with E-state index in [9.17, 15) is 5.26 Å². The molecule has 2 saturated heterocycles. The van der Waals surface area contributed by atoms with E-state index in [1.165, 1.54) is 34.3 Å². The quantitative estimate of drug-likeness (QED) is 0.349. The SMILES string of the molecule is CC1CN(c2ccc(-c3cnc4c(-c5ccc(C#N)cc5)cccc4c3N3CCC3)cc2)CC(C)O1. The van der Waals surface area contributed by atoms with Crippen molar-refractivity contribution in [2.45, 2.75) is 32.5 Å². The third-order valence-electron chi connectivity index (χ3n) is 7.33. The molecule has 2 fully saturated rings. The van der Waals surface area contributed by atoms with Crippen molar-refractivity contribution < 1.29 is 4.74 Å². The van der Waals surface area contributed by atoms with E-state index in [0.29, 0.717) is 5.56 Å². The fraction of sp³-hybridized carbons (Fsp3) is 0.290. The first-order chi connectivity index (χ1) is 17.6. The smallest absolute Gasteiger partial charge is 0.0991 e. The maximum Gasteiger partial charge on any atom is 0.0991 e. The highest BCUT2D eigenvalue weighted by atomic mass is 16.5. The van der Waals surface area contributed by atoms with Crippen molar-refractivity contribution in [2.75, 3.05) is 36.0 Å². The summed E-state index contributed by atoms with van der Waals surface area (Å²) in [4.78, 5) is 9.88. The van der Waals surface area contributed by atoms with Crippen LogP contribution in [0.4, 0.5) is 11.4 Å². The van der Waals surface area contributed by atoms with Gasteiger partial charge in [-0.25, -0.2) is 0 Å². The Hall–Kier alpha value is -3.88. The van der Waals surface area contributed by atoms with E-state index in [0.717, 1.165) is 42.8 Å². The molecule has 2 unspecified atom stereocenters. The Balaban J connectivity index is 1.41. The van der Waals surface area contributed by atoms with Crippen LogP contribution >= 0.6 is 0 Å². The van der Waals surface area contributed by atoms with Gasteiger partial charge in [-0.15, -0.1) is 0 Å². The van der Waals surface area contributed by atoms with Gasteiger partial charge in [0.1, 0.15) is 0 Å². The Morgan fingerprint density at radius 3 is 2.14 bits per heavy atom. The number of nitrogens with zero attached hydrogens (tertiary/aromatic N) is 4. The van der Waals surface area contributed by atoms with Crippen LogP contribution in [0.3, 0.4) is 0 Å². The molecular weight excluding hydrogens is 444 g/mol. The van der Waals surface area contributed by atoms with E-state index < -0.39 is 0 Å². The predicted octanol–water partition coefficient (Wildman–Crippen LogP) is 6.26. The van der Waals surface area contributed by atoms with E-state index in [1.807, 2.05) is 30.5 Å². The summed E-state index contributed by atoms with van der Waals surface area (Å²) >= 11 is 0. The van der Waals surface area contributed by atoms with Crippen molar-refractivity contribution in [2.24, 2.45) is 0 Å². The van der Waals surface area contributed by atoms with Crippen LogP contribution < -0.4 is 9.80 Å². The molecule has 0 radical (unpaired) electrons. The molecule has 0 amide bonds. The van der Waals surface area contributed by atoms with Gasteiger partial charge in [0.15, 0.2) is 0 Å². The Morgan fingerprint density at radius 2 is 1.50 bits per heavy atom. The van der Waals surface area contributed by atoms with E-state index in [4.69, 9.17) is 9.72 Å². The van der Waals surface area contributed by atoms with Crippen LogP contribution in [0.2, 0.25) is 0 Å². The first-order valence-electron chi connectivity index (χ1n) is 12.8. The van der Waals surface area contributed by atoms with Crippen LogP contribution in [0.5, 0.6) is 0 Å². The lowest BCUT2D eigenvalue weighted by molar-refractivity contribution is -0.00521. The molecule has 3 aromatic carbocycles. The maximum absolute atomic E-state index is 9.18. The van der Waals surface area contributed by atoms with Crippen LogP contribution in [0, 0.1) is 11.3 Å². The zero-order chi connectivity index (χ0) is 24.6. The molecule has 6 rings (SSSR count). The van der Waals surface area contributed by atoms with Crippen LogP contribution in [0.25, 0.3) is 33.2 Å². The Bertz CT molecular complexity index is 1420. The minimum Gasteiger partial charge on any atom is -0.372 e. The number of nitriles is 1. The standard InChI is InChI=1S/C31H30N4O/c1-21-19-35(20-22(2)36-21)26-13-11-25(12-14-26)29-18-33-30-27(24-9-7-23(17-32)8-10-24)5-3-6-28(30)31(29)34-15-4-16-34/h3,5-14,18,21-22H,4,15-16,19-20H2,1-2H3. The predicted molar refractivity (Wildman–Crippen MR) is 146 cm³/mol. The summed E-state index contributed by atoms with van der Waals surface area (Å²) in [6.07, 6.45) is 3.73. The second-order valence-corrected chi connectivity index (χ2v) is 9.96. The lowest BCUT2D eigenvalue weighted by Crippen LogP contribution is -2.45. The summed E-state index contributed by atoms with van der Waals surface area (Å²) in [7, 11) is 0. The third-order valence-corrected chi connectivity index (χ3v) is 7.33. The lowest BCUT2D eigenvalue weighted by Gasteiger charge is -2.37. The number of aromatic nitrogens is 1. The van der Waals surface area contributed by atoms with Crippen molar-refractivity contribution in [3.8, 4) is 28.3 Å². The van der Waals surface area contributed by atoms with E-state index in [2.05, 4.69) is 72.2 Å². The molecule has 0 saturated carbocycles. The van der Waals surface area contributed by atoms with Gasteiger partial charge >= 0.3 is 0 Å². The van der Waals surface area contributed by atoms with Gasteiger partial charge in [0.05, 0.1) is 35.0 Å². The van der Waals surface area contributed by atoms with Crippen molar-refractivity contribution in [3.63, 3.8) is 0 Å². The molecule has 5 nitrogen and oxygen atoms in total. The van der Waals surface area contributed by atoms with Gasteiger partial charge in [-0.2, -0.15) is 5.26 Å². The fourth-order valence-corrected chi connectivity index (χ4v) is 5.50. The second-order valence-electron chi connectivity index (χ2n) is 9.96. The molecule has 36 heavy (non-hydrogen) atoms. The van der Waals surface area contributed by atoms with Gasteiger partial charge in [0, 0.05) is 54.6 Å². The van der Waals surface area contributed by atoms with Crippen LogP contribution in [-0.4, -0.2) is 43.4 Å². The monoisotopic (exact) mass is 474 g/mol. The molecule has 2 aliphatic rings. The average Bonchev–Trinajstić information content (AvgIpc) is 2.87. The summed E-state index contributed by atoms with van der Waals surface area (Å²) in [5.74, 6) is 0. The van der Waals surface area contributed by atoms with Gasteiger partial charge < -0.3 is 14.5 Å². The van der Waals surface area contributed by atoms with Crippen molar-refractivity contribution >= 4 is 22.3 Å². The number of fused-ring (bicyclic) bond motifs is 1. The minimum atomic E-state index is 0.237. The second kappa shape index (κ2) is 9.29. The highest BCUT2D eigenvalue weighted by Crippen LogP contribution is 2.41. The van der Waals surface area contributed by atoms with Gasteiger partial charge in [-0.05, 0) is 55.7 Å². The summed E-state index contributed by atoms with van der Waals surface area (Å²) in [5, 5.41) is 10.4. The summed E-state index contributed by atoms with van der Waals surface area (Å²) < 4.78 is 5.92. The molecule has 1 aromatic heterocycles. The molecule has 5 heteroatoms. The molecule has 4 aromatic rings. The Kier molecular flexibility index (Phi) is 5.83. The molecule has 0 bridgehead atoms. The zero-order valence-electron chi connectivity index (χ0n) is 20.8. The summed E-state index contributed by atoms with van der Waals surface area (Å²) in [5.41, 5.74) is 8.71. The molecule has 2 atom stereocenters. The fourth-order valence-electron chi connectivity index (χ4n) is 5.50. The number of rotatable bonds is 4. The van der Waals surface area contributed by atoms with Gasteiger partial charge in [0.25, 0.3) is 0 Å². The van der Waals surface area contributed by atoms with Crippen LogP contribution in [0.1, 0.15) is 25.8 Å². The van der Waals surface area contributed by atoms with E-state index in [-0.39, 0.29) is 12.2 Å². The number of morpholine rings is 1. The normalized spacial score (nSPS) is 19.7. The van der Waals surface area contributed by atoms with Crippen molar-refractivity contribution in [1.29, 1.82) is 5.26 Å².